The zero-order chi connectivity index (χ0) is 18.3. The van der Waals surface area contributed by atoms with Gasteiger partial charge in [0.1, 0.15) is 0 Å². The van der Waals surface area contributed by atoms with Crippen molar-refractivity contribution in [3.05, 3.63) is 71.3 Å². The van der Waals surface area contributed by atoms with Gasteiger partial charge < -0.3 is 9.84 Å². The molecule has 0 aromatic heterocycles. The number of hydrazone groups is 1. The zero-order valence-corrected chi connectivity index (χ0v) is 13.8. The molecule has 0 fully saturated rings. The molecule has 0 bridgehead atoms. The lowest BCUT2D eigenvalue weighted by Gasteiger charge is -2.23. The van der Waals surface area contributed by atoms with Crippen LogP contribution in [0, 0.1) is 0 Å². The largest absolute Gasteiger partial charge is 0.504 e. The van der Waals surface area contributed by atoms with Gasteiger partial charge in [-0.15, -0.1) is 0 Å². The van der Waals surface area contributed by atoms with E-state index in [4.69, 9.17) is 4.74 Å². The summed E-state index contributed by atoms with van der Waals surface area (Å²) in [5.74, 6) is -0.683. The standard InChI is InChI=1S/C20H14N2O4/c1-26-17-9-8-12(10-16(17)23)11-21-22-19(24)14-6-2-4-13-5-3-7-15(18(13)14)20(22)25/h2-11,23H,1H3/b21-11-. The van der Waals surface area contributed by atoms with Crippen LogP contribution in [0.5, 0.6) is 11.5 Å². The predicted octanol–water partition coefficient (Wildman–Crippen LogP) is 3.18. The number of imide groups is 1. The smallest absolute Gasteiger partial charge is 0.282 e. The molecule has 0 spiro atoms. The van der Waals surface area contributed by atoms with E-state index < -0.39 is 11.8 Å². The Morgan fingerprint density at radius 2 is 1.65 bits per heavy atom. The molecule has 26 heavy (non-hydrogen) atoms. The van der Waals surface area contributed by atoms with Gasteiger partial charge in [0.05, 0.1) is 24.5 Å². The Morgan fingerprint density at radius 1 is 1.00 bits per heavy atom. The number of rotatable bonds is 3. The lowest BCUT2D eigenvalue weighted by molar-refractivity contribution is 0.0616. The lowest BCUT2D eigenvalue weighted by Crippen LogP contribution is -2.36. The quantitative estimate of drug-likeness (QED) is 0.583. The topological polar surface area (TPSA) is 79.2 Å². The number of ether oxygens (including phenoxy) is 1. The number of hydrogen-bond donors (Lipinski definition) is 1. The summed E-state index contributed by atoms with van der Waals surface area (Å²) in [4.78, 5) is 25.4. The molecule has 4 rings (SSSR count). The van der Waals surface area contributed by atoms with Gasteiger partial charge >= 0.3 is 0 Å². The fourth-order valence-electron chi connectivity index (χ4n) is 3.03. The van der Waals surface area contributed by atoms with Crippen LogP contribution in [0.25, 0.3) is 10.8 Å². The van der Waals surface area contributed by atoms with Gasteiger partial charge in [-0.05, 0) is 41.3 Å². The molecule has 3 aromatic rings. The lowest BCUT2D eigenvalue weighted by atomic mass is 9.95. The van der Waals surface area contributed by atoms with Crippen molar-refractivity contribution in [2.45, 2.75) is 0 Å². The Morgan fingerprint density at radius 3 is 2.23 bits per heavy atom. The number of amides is 2. The summed E-state index contributed by atoms with van der Waals surface area (Å²) in [5.41, 5.74) is 1.40. The predicted molar refractivity (Wildman–Crippen MR) is 96.7 cm³/mol. The third-order valence-electron chi connectivity index (χ3n) is 4.28. The number of carbonyl (C=O) groups excluding carboxylic acids is 2. The summed E-state index contributed by atoms with van der Waals surface area (Å²) in [5, 5.41) is 16.2. The van der Waals surface area contributed by atoms with Crippen LogP contribution >= 0.6 is 0 Å². The van der Waals surface area contributed by atoms with Crippen molar-refractivity contribution in [3.63, 3.8) is 0 Å². The van der Waals surface area contributed by atoms with Gasteiger partial charge in [-0.3, -0.25) is 9.59 Å². The fourth-order valence-corrected chi connectivity index (χ4v) is 3.03. The summed E-state index contributed by atoms with van der Waals surface area (Å²) in [7, 11) is 1.45. The first-order valence-electron chi connectivity index (χ1n) is 7.91. The molecule has 0 atom stereocenters. The minimum Gasteiger partial charge on any atom is -0.504 e. The molecule has 128 valence electrons. The van der Waals surface area contributed by atoms with E-state index >= 15 is 0 Å². The van der Waals surface area contributed by atoms with Crippen molar-refractivity contribution in [3.8, 4) is 11.5 Å². The number of nitrogens with zero attached hydrogens (tertiary/aromatic N) is 2. The second-order valence-corrected chi connectivity index (χ2v) is 5.81. The molecule has 1 aliphatic rings. The Hall–Kier alpha value is -3.67. The van der Waals surface area contributed by atoms with Crippen LogP contribution < -0.4 is 4.74 Å². The van der Waals surface area contributed by atoms with Crippen LogP contribution in [0.3, 0.4) is 0 Å². The van der Waals surface area contributed by atoms with Crippen molar-refractivity contribution in [1.82, 2.24) is 5.01 Å². The van der Waals surface area contributed by atoms with Crippen molar-refractivity contribution in [1.29, 1.82) is 0 Å². The number of phenols is 1. The number of hydrogen-bond acceptors (Lipinski definition) is 5. The average molecular weight is 346 g/mol. The maximum absolute atomic E-state index is 12.7. The highest BCUT2D eigenvalue weighted by atomic mass is 16.5. The molecule has 1 heterocycles. The molecule has 0 saturated carbocycles. The van der Waals surface area contributed by atoms with Crippen LogP contribution in [-0.2, 0) is 0 Å². The van der Waals surface area contributed by atoms with Gasteiger partial charge in [0.25, 0.3) is 11.8 Å². The van der Waals surface area contributed by atoms with Gasteiger partial charge in [-0.2, -0.15) is 10.1 Å². The Balaban J connectivity index is 1.74. The van der Waals surface area contributed by atoms with Crippen LogP contribution in [0.2, 0.25) is 0 Å². The summed E-state index contributed by atoms with van der Waals surface area (Å²) < 4.78 is 4.99. The van der Waals surface area contributed by atoms with Gasteiger partial charge in [-0.25, -0.2) is 0 Å². The highest BCUT2D eigenvalue weighted by molar-refractivity contribution is 6.25. The second-order valence-electron chi connectivity index (χ2n) is 5.81. The maximum Gasteiger partial charge on any atom is 0.282 e. The van der Waals surface area contributed by atoms with E-state index in [0.717, 1.165) is 10.4 Å². The van der Waals surface area contributed by atoms with E-state index in [1.54, 1.807) is 36.4 Å². The molecule has 0 unspecified atom stereocenters. The number of aromatic hydroxyl groups is 1. The van der Waals surface area contributed by atoms with Gasteiger partial charge in [-0.1, -0.05) is 24.3 Å². The van der Waals surface area contributed by atoms with E-state index in [0.29, 0.717) is 27.8 Å². The Kier molecular flexibility index (Phi) is 3.65. The van der Waals surface area contributed by atoms with Crippen molar-refractivity contribution < 1.29 is 19.4 Å². The molecule has 1 N–H and O–H groups in total. The van der Waals surface area contributed by atoms with Crippen molar-refractivity contribution >= 4 is 28.8 Å². The van der Waals surface area contributed by atoms with Crippen LogP contribution in [-0.4, -0.2) is 35.3 Å². The second kappa shape index (κ2) is 6.00. The Bertz CT molecular complexity index is 1040. The average Bonchev–Trinajstić information content (AvgIpc) is 2.66. The molecular weight excluding hydrogens is 332 g/mol. The van der Waals surface area contributed by atoms with Gasteiger partial charge in [0.2, 0.25) is 0 Å². The molecule has 3 aromatic carbocycles. The third-order valence-corrected chi connectivity index (χ3v) is 4.28. The molecule has 6 heteroatoms. The molecule has 0 aliphatic carbocycles. The SMILES string of the molecule is COc1ccc(/C=N\N2C(=O)c3cccc4cccc(c34)C2=O)cc1O. The van der Waals surface area contributed by atoms with E-state index in [-0.39, 0.29) is 5.75 Å². The molecular formula is C20H14N2O4. The molecule has 1 aliphatic heterocycles. The third kappa shape index (κ3) is 2.39. The maximum atomic E-state index is 12.7. The molecule has 2 amide bonds. The minimum absolute atomic E-state index is 0.0529. The number of phenolic OH excluding ortho intramolecular Hbond substituents is 1. The normalized spacial score (nSPS) is 13.7. The summed E-state index contributed by atoms with van der Waals surface area (Å²) in [6.45, 7) is 0. The minimum atomic E-state index is -0.478. The number of methoxy groups -OCH3 is 1. The van der Waals surface area contributed by atoms with E-state index in [1.807, 2.05) is 12.1 Å². The van der Waals surface area contributed by atoms with Crippen molar-refractivity contribution in [2.24, 2.45) is 5.10 Å². The molecule has 0 saturated heterocycles. The van der Waals surface area contributed by atoms with Crippen LogP contribution in [0.15, 0.2) is 59.7 Å². The first kappa shape index (κ1) is 15.8. The summed E-state index contributed by atoms with van der Waals surface area (Å²) >= 11 is 0. The van der Waals surface area contributed by atoms with E-state index in [9.17, 15) is 14.7 Å². The first-order valence-corrected chi connectivity index (χ1v) is 7.91. The Labute approximate surface area is 148 Å². The van der Waals surface area contributed by atoms with Crippen LogP contribution in [0.4, 0.5) is 0 Å². The summed E-state index contributed by atoms with van der Waals surface area (Å²) in [6.07, 6.45) is 1.35. The van der Waals surface area contributed by atoms with Gasteiger partial charge in [0, 0.05) is 5.39 Å². The van der Waals surface area contributed by atoms with Crippen LogP contribution in [0.1, 0.15) is 26.3 Å². The first-order chi connectivity index (χ1) is 12.6. The summed E-state index contributed by atoms with van der Waals surface area (Å²) in [6, 6.07) is 15.3. The molecule has 6 nitrogen and oxygen atoms in total. The number of carbonyl (C=O) groups is 2. The zero-order valence-electron chi connectivity index (χ0n) is 13.8. The highest BCUT2D eigenvalue weighted by Crippen LogP contribution is 2.30. The van der Waals surface area contributed by atoms with E-state index in [2.05, 4.69) is 5.10 Å². The van der Waals surface area contributed by atoms with Crippen molar-refractivity contribution in [2.75, 3.05) is 7.11 Å². The molecule has 0 radical (unpaired) electrons. The van der Waals surface area contributed by atoms with Gasteiger partial charge in [0.15, 0.2) is 11.5 Å². The van der Waals surface area contributed by atoms with E-state index in [1.165, 1.54) is 19.4 Å². The monoisotopic (exact) mass is 346 g/mol. The highest BCUT2D eigenvalue weighted by Gasteiger charge is 2.32. The fraction of sp³-hybridized carbons (Fsp3) is 0.0500. The number of benzene rings is 3.